The van der Waals surface area contributed by atoms with Crippen LogP contribution in [0.4, 0.5) is 4.79 Å². The molecule has 1 aromatic carbocycles. The van der Waals surface area contributed by atoms with E-state index in [0.717, 1.165) is 37.9 Å². The van der Waals surface area contributed by atoms with E-state index in [-0.39, 0.29) is 12.6 Å². The van der Waals surface area contributed by atoms with Gasteiger partial charge in [0.15, 0.2) is 0 Å². The van der Waals surface area contributed by atoms with Gasteiger partial charge in [0.1, 0.15) is 6.61 Å². The predicted octanol–water partition coefficient (Wildman–Crippen LogP) is 2.19. The average molecular weight is 332 g/mol. The zero-order valence-electron chi connectivity index (χ0n) is 13.8. The minimum absolute atomic E-state index is 0.0817. The molecule has 1 heterocycles. The number of carboxylic acids is 1. The number of carboxylic acid groups (broad SMARTS) is 1. The highest BCUT2D eigenvalue weighted by atomic mass is 16.6. The third kappa shape index (κ3) is 4.71. The highest BCUT2D eigenvalue weighted by Crippen LogP contribution is 2.30. The van der Waals surface area contributed by atoms with Crippen molar-refractivity contribution < 1.29 is 19.4 Å². The van der Waals surface area contributed by atoms with Crippen molar-refractivity contribution in [2.45, 2.75) is 31.9 Å². The number of carbonyl (C=O) groups is 2. The Kier molecular flexibility index (Phi) is 5.35. The molecule has 1 saturated heterocycles. The molecule has 1 N–H and O–H groups in total. The van der Waals surface area contributed by atoms with Crippen LogP contribution >= 0.6 is 0 Å². The van der Waals surface area contributed by atoms with Crippen LogP contribution in [0.3, 0.4) is 0 Å². The molecular weight excluding hydrogens is 308 g/mol. The van der Waals surface area contributed by atoms with E-state index in [2.05, 4.69) is 0 Å². The van der Waals surface area contributed by atoms with E-state index >= 15 is 0 Å². The minimum atomic E-state index is -0.794. The van der Waals surface area contributed by atoms with Gasteiger partial charge in [-0.1, -0.05) is 30.3 Å². The molecule has 1 unspecified atom stereocenters. The van der Waals surface area contributed by atoms with E-state index in [1.54, 1.807) is 0 Å². The number of hydrogen-bond donors (Lipinski definition) is 1. The molecule has 0 spiro atoms. The quantitative estimate of drug-likeness (QED) is 0.829. The van der Waals surface area contributed by atoms with Gasteiger partial charge in [-0.05, 0) is 37.3 Å². The smallest absolute Gasteiger partial charge is 0.410 e. The maximum atomic E-state index is 12.4. The zero-order valence-corrected chi connectivity index (χ0v) is 13.8. The van der Waals surface area contributed by atoms with Crippen LogP contribution in [0.15, 0.2) is 30.3 Å². The number of amides is 1. The van der Waals surface area contributed by atoms with Crippen molar-refractivity contribution in [1.29, 1.82) is 0 Å². The van der Waals surface area contributed by atoms with Crippen molar-refractivity contribution in [2.24, 2.45) is 5.92 Å². The lowest BCUT2D eigenvalue weighted by atomic mass is 10.1. The lowest BCUT2D eigenvalue weighted by Crippen LogP contribution is -2.38. The largest absolute Gasteiger partial charge is 0.480 e. The summed E-state index contributed by atoms with van der Waals surface area (Å²) in [6.45, 7) is 2.56. The summed E-state index contributed by atoms with van der Waals surface area (Å²) >= 11 is 0. The van der Waals surface area contributed by atoms with Crippen LogP contribution in [-0.2, 0) is 16.1 Å². The van der Waals surface area contributed by atoms with E-state index in [1.165, 1.54) is 0 Å². The first-order valence-corrected chi connectivity index (χ1v) is 8.53. The van der Waals surface area contributed by atoms with Gasteiger partial charge >= 0.3 is 12.1 Å². The molecule has 130 valence electrons. The Morgan fingerprint density at radius 3 is 2.62 bits per heavy atom. The first-order chi connectivity index (χ1) is 11.6. The monoisotopic (exact) mass is 332 g/mol. The molecular formula is C18H24N2O4. The molecule has 1 saturated carbocycles. The van der Waals surface area contributed by atoms with Gasteiger partial charge in [-0.25, -0.2) is 4.79 Å². The Hall–Kier alpha value is -2.08. The van der Waals surface area contributed by atoms with E-state index in [9.17, 15) is 9.59 Å². The van der Waals surface area contributed by atoms with Crippen LogP contribution in [-0.4, -0.2) is 59.2 Å². The van der Waals surface area contributed by atoms with Gasteiger partial charge in [-0.15, -0.1) is 0 Å². The molecule has 2 aliphatic rings. The van der Waals surface area contributed by atoms with Crippen molar-refractivity contribution in [3.05, 3.63) is 35.9 Å². The standard InChI is InChI=1S/C18H24N2O4/c21-17(22)12-19-9-8-15(10-19)11-20(16-6-7-16)18(23)24-13-14-4-2-1-3-5-14/h1-5,15-16H,6-13H2,(H,21,22). The summed E-state index contributed by atoms with van der Waals surface area (Å²) in [4.78, 5) is 27.0. The highest BCUT2D eigenvalue weighted by molar-refractivity contribution is 5.69. The second kappa shape index (κ2) is 7.66. The lowest BCUT2D eigenvalue weighted by molar-refractivity contribution is -0.138. The second-order valence-corrected chi connectivity index (χ2v) is 6.71. The molecule has 2 fully saturated rings. The molecule has 6 nitrogen and oxygen atoms in total. The fraction of sp³-hybridized carbons (Fsp3) is 0.556. The molecule has 3 rings (SSSR count). The third-order valence-corrected chi connectivity index (χ3v) is 4.61. The van der Waals surface area contributed by atoms with Crippen molar-refractivity contribution in [3.8, 4) is 0 Å². The number of ether oxygens (including phenoxy) is 1. The Bertz CT molecular complexity index is 574. The molecule has 0 radical (unpaired) electrons. The van der Waals surface area contributed by atoms with Crippen LogP contribution in [0.2, 0.25) is 0 Å². The maximum absolute atomic E-state index is 12.4. The third-order valence-electron chi connectivity index (χ3n) is 4.61. The number of hydrogen-bond acceptors (Lipinski definition) is 4. The van der Waals surface area contributed by atoms with Crippen LogP contribution in [0.25, 0.3) is 0 Å². The van der Waals surface area contributed by atoms with E-state index in [1.807, 2.05) is 40.1 Å². The van der Waals surface area contributed by atoms with Gasteiger partial charge < -0.3 is 14.7 Å². The fourth-order valence-electron chi connectivity index (χ4n) is 3.24. The van der Waals surface area contributed by atoms with Crippen LogP contribution < -0.4 is 0 Å². The number of benzene rings is 1. The Balaban J connectivity index is 1.49. The predicted molar refractivity (Wildman–Crippen MR) is 88.5 cm³/mol. The summed E-state index contributed by atoms with van der Waals surface area (Å²) in [5.74, 6) is -0.466. The van der Waals surface area contributed by atoms with Gasteiger partial charge in [0, 0.05) is 19.1 Å². The molecule has 24 heavy (non-hydrogen) atoms. The van der Waals surface area contributed by atoms with E-state index < -0.39 is 5.97 Å². The maximum Gasteiger partial charge on any atom is 0.410 e. The van der Waals surface area contributed by atoms with Crippen molar-refractivity contribution in [2.75, 3.05) is 26.2 Å². The summed E-state index contributed by atoms with van der Waals surface area (Å²) in [6, 6.07) is 9.96. The Morgan fingerprint density at radius 2 is 1.96 bits per heavy atom. The van der Waals surface area contributed by atoms with Crippen LogP contribution in [0.5, 0.6) is 0 Å². The SMILES string of the molecule is O=C(O)CN1CCC(CN(C(=O)OCc2ccccc2)C2CC2)C1. The second-order valence-electron chi connectivity index (χ2n) is 6.71. The highest BCUT2D eigenvalue weighted by Gasteiger charge is 2.36. The molecule has 6 heteroatoms. The molecule has 0 bridgehead atoms. The average Bonchev–Trinajstić information content (AvgIpc) is 3.32. The lowest BCUT2D eigenvalue weighted by Gasteiger charge is -2.25. The van der Waals surface area contributed by atoms with Gasteiger partial charge in [0.25, 0.3) is 0 Å². The first kappa shape index (κ1) is 16.8. The number of rotatable bonds is 7. The van der Waals surface area contributed by atoms with E-state index in [4.69, 9.17) is 9.84 Å². The van der Waals surface area contributed by atoms with Gasteiger partial charge in [-0.3, -0.25) is 9.69 Å². The fourth-order valence-corrected chi connectivity index (χ4v) is 3.24. The van der Waals surface area contributed by atoms with Crippen LogP contribution in [0, 0.1) is 5.92 Å². The summed E-state index contributed by atoms with van der Waals surface area (Å²) in [5, 5.41) is 8.88. The summed E-state index contributed by atoms with van der Waals surface area (Å²) in [6.07, 6.45) is 2.75. The first-order valence-electron chi connectivity index (χ1n) is 8.53. The number of nitrogens with zero attached hydrogens (tertiary/aromatic N) is 2. The minimum Gasteiger partial charge on any atom is -0.480 e. The summed E-state index contributed by atoms with van der Waals surface area (Å²) < 4.78 is 5.47. The Labute approximate surface area is 142 Å². The van der Waals surface area contributed by atoms with Crippen molar-refractivity contribution >= 4 is 12.1 Å². The topological polar surface area (TPSA) is 70.1 Å². The molecule has 1 aliphatic heterocycles. The molecule has 1 amide bonds. The number of carbonyl (C=O) groups excluding carboxylic acids is 1. The summed E-state index contributed by atoms with van der Waals surface area (Å²) in [7, 11) is 0. The Morgan fingerprint density at radius 1 is 1.21 bits per heavy atom. The zero-order chi connectivity index (χ0) is 16.9. The van der Waals surface area contributed by atoms with Gasteiger partial charge in [-0.2, -0.15) is 0 Å². The molecule has 1 aliphatic carbocycles. The molecule has 1 atom stereocenters. The van der Waals surface area contributed by atoms with E-state index in [0.29, 0.717) is 25.1 Å². The van der Waals surface area contributed by atoms with Crippen molar-refractivity contribution in [3.63, 3.8) is 0 Å². The van der Waals surface area contributed by atoms with Crippen molar-refractivity contribution in [1.82, 2.24) is 9.80 Å². The molecule has 0 aromatic heterocycles. The van der Waals surface area contributed by atoms with Gasteiger partial charge in [0.2, 0.25) is 0 Å². The number of likely N-dealkylation sites (tertiary alicyclic amines) is 1. The van der Waals surface area contributed by atoms with Gasteiger partial charge in [0.05, 0.1) is 6.54 Å². The number of aliphatic carboxylic acids is 1. The summed E-state index contributed by atoms with van der Waals surface area (Å²) in [5.41, 5.74) is 0.982. The normalized spacial score (nSPS) is 20.8. The van der Waals surface area contributed by atoms with Crippen LogP contribution in [0.1, 0.15) is 24.8 Å². The molecule has 1 aromatic rings.